The van der Waals surface area contributed by atoms with E-state index in [1.165, 1.54) is 5.56 Å². The first-order chi connectivity index (χ1) is 12.0. The van der Waals surface area contributed by atoms with E-state index in [0.29, 0.717) is 18.8 Å². The molecule has 25 heavy (non-hydrogen) atoms. The number of carboxylic acids is 1. The highest BCUT2D eigenvalue weighted by Gasteiger charge is 2.32. The average Bonchev–Trinajstić information content (AvgIpc) is 2.58. The largest absolute Gasteiger partial charge is 0.497 e. The van der Waals surface area contributed by atoms with Crippen LogP contribution in [0.1, 0.15) is 50.0 Å². The zero-order valence-corrected chi connectivity index (χ0v) is 14.5. The molecule has 0 aromatic heterocycles. The van der Waals surface area contributed by atoms with Crippen molar-refractivity contribution < 1.29 is 19.4 Å². The van der Waals surface area contributed by atoms with Crippen LogP contribution in [0.4, 0.5) is 4.79 Å². The van der Waals surface area contributed by atoms with Gasteiger partial charge in [-0.1, -0.05) is 12.1 Å². The van der Waals surface area contributed by atoms with Crippen molar-refractivity contribution >= 4 is 12.0 Å². The Morgan fingerprint density at radius 1 is 1.08 bits per heavy atom. The summed E-state index contributed by atoms with van der Waals surface area (Å²) < 4.78 is 5.26. The fourth-order valence-electron chi connectivity index (χ4n) is 3.80. The van der Waals surface area contributed by atoms with E-state index < -0.39 is 5.97 Å². The van der Waals surface area contributed by atoms with Crippen LogP contribution >= 0.6 is 0 Å². The minimum absolute atomic E-state index is 0.0878. The van der Waals surface area contributed by atoms with E-state index in [1.807, 2.05) is 12.1 Å². The van der Waals surface area contributed by atoms with Crippen molar-refractivity contribution in [3.05, 3.63) is 29.8 Å². The van der Waals surface area contributed by atoms with E-state index >= 15 is 0 Å². The highest BCUT2D eigenvalue weighted by Crippen LogP contribution is 2.38. The van der Waals surface area contributed by atoms with Crippen molar-refractivity contribution in [3.63, 3.8) is 0 Å². The van der Waals surface area contributed by atoms with Gasteiger partial charge >= 0.3 is 12.0 Å². The summed E-state index contributed by atoms with van der Waals surface area (Å²) in [4.78, 5) is 23.1. The third kappa shape index (κ3) is 4.44. The zero-order chi connectivity index (χ0) is 17.8. The molecule has 3 N–H and O–H groups in total. The molecule has 1 aromatic carbocycles. The first-order valence-electron chi connectivity index (χ1n) is 8.99. The number of rotatable bonds is 5. The first-order valence-corrected chi connectivity index (χ1v) is 8.99. The number of aliphatic carboxylic acids is 1. The Morgan fingerprint density at radius 2 is 1.76 bits per heavy atom. The zero-order valence-electron chi connectivity index (χ0n) is 14.5. The third-order valence-corrected chi connectivity index (χ3v) is 5.45. The van der Waals surface area contributed by atoms with Gasteiger partial charge in [-0.25, -0.2) is 4.79 Å². The molecule has 2 amide bonds. The van der Waals surface area contributed by atoms with E-state index in [1.54, 1.807) is 7.11 Å². The summed E-state index contributed by atoms with van der Waals surface area (Å²) in [7, 11) is 1.67. The van der Waals surface area contributed by atoms with Crippen molar-refractivity contribution in [1.29, 1.82) is 0 Å². The van der Waals surface area contributed by atoms with Crippen LogP contribution in [-0.2, 0) is 4.79 Å². The molecule has 3 rings (SSSR count). The Bertz CT molecular complexity index is 620. The molecule has 0 unspecified atom stereocenters. The van der Waals surface area contributed by atoms with Crippen LogP contribution in [0, 0.1) is 5.92 Å². The molecule has 136 valence electrons. The van der Waals surface area contributed by atoms with Crippen LogP contribution in [0.25, 0.3) is 0 Å². The van der Waals surface area contributed by atoms with E-state index in [0.717, 1.165) is 31.4 Å². The van der Waals surface area contributed by atoms with E-state index in [4.69, 9.17) is 9.84 Å². The van der Waals surface area contributed by atoms with Gasteiger partial charge in [0.2, 0.25) is 0 Å². The number of hydrogen-bond donors (Lipinski definition) is 3. The molecule has 2 fully saturated rings. The molecule has 0 bridgehead atoms. The molecule has 0 heterocycles. The van der Waals surface area contributed by atoms with Gasteiger partial charge in [0.15, 0.2) is 0 Å². The highest BCUT2D eigenvalue weighted by atomic mass is 16.5. The van der Waals surface area contributed by atoms with Crippen molar-refractivity contribution in [2.24, 2.45) is 5.92 Å². The molecule has 0 spiro atoms. The number of hydrogen-bond acceptors (Lipinski definition) is 3. The molecular formula is C19H26N2O4. The number of urea groups is 1. The van der Waals surface area contributed by atoms with Gasteiger partial charge in [0, 0.05) is 12.1 Å². The van der Waals surface area contributed by atoms with Gasteiger partial charge in [-0.05, 0) is 62.1 Å². The second-order valence-electron chi connectivity index (χ2n) is 7.15. The van der Waals surface area contributed by atoms with Gasteiger partial charge in [-0.15, -0.1) is 0 Å². The van der Waals surface area contributed by atoms with Gasteiger partial charge in [-0.2, -0.15) is 0 Å². The summed E-state index contributed by atoms with van der Waals surface area (Å²) in [5, 5.41) is 15.0. The normalized spacial score (nSPS) is 28.5. The second kappa shape index (κ2) is 7.76. The van der Waals surface area contributed by atoms with E-state index in [2.05, 4.69) is 22.8 Å². The van der Waals surface area contributed by atoms with Crippen LogP contribution < -0.4 is 15.4 Å². The minimum atomic E-state index is -0.721. The summed E-state index contributed by atoms with van der Waals surface area (Å²) in [6.45, 7) is 0. The molecule has 2 saturated carbocycles. The quantitative estimate of drug-likeness (QED) is 0.765. The van der Waals surface area contributed by atoms with Gasteiger partial charge in [0.1, 0.15) is 5.75 Å². The first kappa shape index (κ1) is 17.6. The number of benzene rings is 1. The Balaban J connectivity index is 1.38. The molecule has 2 aliphatic rings. The van der Waals surface area contributed by atoms with Gasteiger partial charge in [0.05, 0.1) is 13.0 Å². The lowest BCUT2D eigenvalue weighted by Gasteiger charge is -2.37. The molecule has 0 atom stereocenters. The van der Waals surface area contributed by atoms with Crippen LogP contribution in [0.5, 0.6) is 5.75 Å². The lowest BCUT2D eigenvalue weighted by atomic mass is 9.76. The Labute approximate surface area is 147 Å². The third-order valence-electron chi connectivity index (χ3n) is 5.45. The standard InChI is InChI=1S/C19H26N2O4/c1-25-17-4-2-3-13(11-17)14-9-16(10-14)21-19(24)20-15-7-5-12(6-8-15)18(22)23/h2-4,11-12,14-16H,5-10H2,1H3,(H,22,23)(H2,20,21,24). The number of methoxy groups -OCH3 is 1. The Kier molecular flexibility index (Phi) is 5.46. The van der Waals surface area contributed by atoms with E-state index in [9.17, 15) is 9.59 Å². The summed E-state index contributed by atoms with van der Waals surface area (Å²) in [6.07, 6.45) is 4.63. The number of carboxylic acid groups (broad SMARTS) is 1. The Morgan fingerprint density at radius 3 is 2.40 bits per heavy atom. The number of carbonyl (C=O) groups is 2. The molecule has 0 aliphatic heterocycles. The smallest absolute Gasteiger partial charge is 0.315 e. The van der Waals surface area contributed by atoms with Crippen LogP contribution in [0.3, 0.4) is 0 Å². The van der Waals surface area contributed by atoms with Crippen molar-refractivity contribution in [2.75, 3.05) is 7.11 Å². The molecule has 6 nitrogen and oxygen atoms in total. The molecule has 0 radical (unpaired) electrons. The van der Waals surface area contributed by atoms with Gasteiger partial charge < -0.3 is 20.5 Å². The maximum Gasteiger partial charge on any atom is 0.315 e. The van der Waals surface area contributed by atoms with Crippen molar-refractivity contribution in [2.45, 2.75) is 56.5 Å². The van der Waals surface area contributed by atoms with Crippen LogP contribution in [-0.4, -0.2) is 36.3 Å². The molecule has 6 heteroatoms. The van der Waals surface area contributed by atoms with Gasteiger partial charge in [-0.3, -0.25) is 4.79 Å². The summed E-state index contributed by atoms with van der Waals surface area (Å²) in [5.41, 5.74) is 1.25. The fraction of sp³-hybridized carbons (Fsp3) is 0.579. The molecule has 1 aromatic rings. The number of amides is 2. The average molecular weight is 346 g/mol. The predicted molar refractivity (Wildman–Crippen MR) is 93.8 cm³/mol. The lowest BCUT2D eigenvalue weighted by molar-refractivity contribution is -0.142. The number of nitrogens with one attached hydrogen (secondary N) is 2. The topological polar surface area (TPSA) is 87.7 Å². The molecule has 0 saturated heterocycles. The van der Waals surface area contributed by atoms with Crippen LogP contribution in [0.2, 0.25) is 0 Å². The summed E-state index contributed by atoms with van der Waals surface area (Å²) in [5.74, 6) is 0.354. The molecular weight excluding hydrogens is 320 g/mol. The monoisotopic (exact) mass is 346 g/mol. The van der Waals surface area contributed by atoms with Crippen LogP contribution in [0.15, 0.2) is 24.3 Å². The maximum atomic E-state index is 12.1. The number of carbonyl (C=O) groups excluding carboxylic acids is 1. The predicted octanol–water partition coefficient (Wildman–Crippen LogP) is 2.88. The minimum Gasteiger partial charge on any atom is -0.497 e. The SMILES string of the molecule is COc1cccc(C2CC(NC(=O)NC3CCC(C(=O)O)CC3)C2)c1. The van der Waals surface area contributed by atoms with Crippen molar-refractivity contribution in [1.82, 2.24) is 10.6 Å². The van der Waals surface area contributed by atoms with Gasteiger partial charge in [0.25, 0.3) is 0 Å². The number of ether oxygens (including phenoxy) is 1. The molecule has 2 aliphatic carbocycles. The summed E-state index contributed by atoms with van der Waals surface area (Å²) >= 11 is 0. The Hall–Kier alpha value is -2.24. The highest BCUT2D eigenvalue weighted by molar-refractivity contribution is 5.75. The summed E-state index contributed by atoms with van der Waals surface area (Å²) in [6, 6.07) is 8.25. The second-order valence-corrected chi connectivity index (χ2v) is 7.15. The fourth-order valence-corrected chi connectivity index (χ4v) is 3.80. The maximum absolute atomic E-state index is 12.1. The van der Waals surface area contributed by atoms with E-state index in [-0.39, 0.29) is 24.0 Å². The van der Waals surface area contributed by atoms with Crippen molar-refractivity contribution in [3.8, 4) is 5.75 Å². The lowest BCUT2D eigenvalue weighted by Crippen LogP contribution is -2.50.